The van der Waals surface area contributed by atoms with Gasteiger partial charge in [0, 0.05) is 24.0 Å². The van der Waals surface area contributed by atoms with Crippen LogP contribution in [0.25, 0.3) is 28.0 Å². The number of carboxylic acid groups (broad SMARTS) is 1. The van der Waals surface area contributed by atoms with Gasteiger partial charge in [-0.15, -0.1) is 0 Å². The van der Waals surface area contributed by atoms with Gasteiger partial charge >= 0.3 is 5.97 Å². The Kier molecular flexibility index (Phi) is 5.18. The lowest BCUT2D eigenvalue weighted by Gasteiger charge is -2.06. The number of fused-ring (bicyclic) bond motifs is 1. The third kappa shape index (κ3) is 3.61. The van der Waals surface area contributed by atoms with Crippen molar-refractivity contribution in [2.75, 3.05) is 0 Å². The molecule has 0 aromatic carbocycles. The number of hydrogen-bond donors (Lipinski definition) is 1. The Morgan fingerprint density at radius 2 is 1.90 bits per heavy atom. The minimum atomic E-state index is -1.01. The third-order valence-electron chi connectivity index (χ3n) is 4.86. The first-order chi connectivity index (χ1) is 14.6. The summed E-state index contributed by atoms with van der Waals surface area (Å²) in [5.74, 6) is -0.904. The summed E-state index contributed by atoms with van der Waals surface area (Å²) in [6.45, 7) is 2.14. The molecule has 1 N–H and O–H groups in total. The van der Waals surface area contributed by atoms with Gasteiger partial charge in [-0.1, -0.05) is 13.3 Å². The molecular weight excluding hydrogens is 380 g/mol. The average molecular weight is 398 g/mol. The molecule has 8 nitrogen and oxygen atoms in total. The first-order valence-electron chi connectivity index (χ1n) is 9.53. The first-order valence-corrected chi connectivity index (χ1v) is 9.53. The fourth-order valence-corrected chi connectivity index (χ4v) is 3.31. The molecule has 0 radical (unpaired) electrons. The molecule has 30 heavy (non-hydrogen) atoms. The molecule has 0 amide bonds. The van der Waals surface area contributed by atoms with Gasteiger partial charge in [-0.05, 0) is 36.6 Å². The molecule has 0 bridgehead atoms. The fourth-order valence-electron chi connectivity index (χ4n) is 3.31. The van der Waals surface area contributed by atoms with Gasteiger partial charge < -0.3 is 9.67 Å². The number of nitrogens with zero attached hydrogens (tertiary/aromatic N) is 6. The number of nitriles is 1. The first kappa shape index (κ1) is 19.2. The average Bonchev–Trinajstić information content (AvgIpc) is 3.15. The smallest absolute Gasteiger partial charge is 0.335 e. The number of rotatable bonds is 6. The maximum absolute atomic E-state index is 11.3. The van der Waals surface area contributed by atoms with Crippen LogP contribution in [0.4, 0.5) is 0 Å². The third-order valence-corrected chi connectivity index (χ3v) is 4.86. The van der Waals surface area contributed by atoms with Crippen LogP contribution in [-0.2, 0) is 6.42 Å². The fraction of sp³-hybridized carbons (Fsp3) is 0.182. The van der Waals surface area contributed by atoms with Crippen LogP contribution in [0.5, 0.6) is 0 Å². The summed E-state index contributed by atoms with van der Waals surface area (Å²) in [4.78, 5) is 28.3. The van der Waals surface area contributed by atoms with E-state index in [0.29, 0.717) is 11.4 Å². The van der Waals surface area contributed by atoms with Crippen molar-refractivity contribution < 1.29 is 9.90 Å². The number of unbranched alkanes of at least 4 members (excludes halogenated alkanes) is 1. The number of aryl methyl sites for hydroxylation is 1. The molecule has 0 aliphatic heterocycles. The maximum Gasteiger partial charge on any atom is 0.335 e. The van der Waals surface area contributed by atoms with E-state index in [2.05, 4.69) is 26.9 Å². The van der Waals surface area contributed by atoms with Crippen LogP contribution in [0.1, 0.15) is 41.5 Å². The van der Waals surface area contributed by atoms with Gasteiger partial charge in [0.25, 0.3) is 0 Å². The highest BCUT2D eigenvalue weighted by Gasteiger charge is 2.14. The Labute approximate surface area is 172 Å². The molecule has 0 aliphatic carbocycles. The van der Waals surface area contributed by atoms with Gasteiger partial charge in [-0.3, -0.25) is 9.97 Å². The van der Waals surface area contributed by atoms with Crippen molar-refractivity contribution in [3.05, 3.63) is 66.1 Å². The van der Waals surface area contributed by atoms with Gasteiger partial charge in [0.15, 0.2) is 0 Å². The second-order valence-corrected chi connectivity index (χ2v) is 6.83. The van der Waals surface area contributed by atoms with Gasteiger partial charge in [-0.25, -0.2) is 14.8 Å². The molecule has 4 rings (SSSR count). The Morgan fingerprint density at radius 3 is 2.60 bits per heavy atom. The lowest BCUT2D eigenvalue weighted by atomic mass is 10.1. The van der Waals surface area contributed by atoms with Crippen molar-refractivity contribution >= 4 is 16.9 Å². The molecule has 0 fully saturated rings. The number of carbonyl (C=O) groups is 1. The van der Waals surface area contributed by atoms with E-state index in [0.717, 1.165) is 41.4 Å². The molecule has 0 atom stereocenters. The topological polar surface area (TPSA) is 118 Å². The summed E-state index contributed by atoms with van der Waals surface area (Å²) >= 11 is 0. The minimum absolute atomic E-state index is 0.110. The van der Waals surface area contributed by atoms with E-state index in [-0.39, 0.29) is 11.4 Å². The predicted octanol–water partition coefficient (Wildman–Crippen LogP) is 3.79. The SMILES string of the molecule is CCCCc1cn(-c2cnc(C#N)nc2)c2cc(-c3cc(C(=O)O)ccn3)ncc12. The van der Waals surface area contributed by atoms with Gasteiger partial charge in [0.2, 0.25) is 5.82 Å². The largest absolute Gasteiger partial charge is 0.478 e. The minimum Gasteiger partial charge on any atom is -0.478 e. The summed E-state index contributed by atoms with van der Waals surface area (Å²) in [5, 5.41) is 19.2. The monoisotopic (exact) mass is 398 g/mol. The zero-order chi connectivity index (χ0) is 21.1. The van der Waals surface area contributed by atoms with Crippen LogP contribution in [0, 0.1) is 11.3 Å². The normalized spacial score (nSPS) is 10.8. The molecular formula is C22H18N6O2. The highest BCUT2D eigenvalue weighted by molar-refractivity contribution is 5.90. The zero-order valence-corrected chi connectivity index (χ0v) is 16.3. The Morgan fingerprint density at radius 1 is 1.13 bits per heavy atom. The molecule has 0 unspecified atom stereocenters. The Hall–Kier alpha value is -4.12. The summed E-state index contributed by atoms with van der Waals surface area (Å²) < 4.78 is 1.97. The van der Waals surface area contributed by atoms with Crippen molar-refractivity contribution in [2.24, 2.45) is 0 Å². The lowest BCUT2D eigenvalue weighted by Crippen LogP contribution is -1.99. The molecule has 4 heterocycles. The van der Waals surface area contributed by atoms with Crippen LogP contribution >= 0.6 is 0 Å². The van der Waals surface area contributed by atoms with Crippen molar-refractivity contribution in [3.8, 4) is 23.1 Å². The van der Waals surface area contributed by atoms with Crippen molar-refractivity contribution in [2.45, 2.75) is 26.2 Å². The molecule has 4 aromatic heterocycles. The zero-order valence-electron chi connectivity index (χ0n) is 16.3. The molecule has 0 saturated heterocycles. The standard InChI is InChI=1S/C22H18N6O2/c1-2-3-4-15-13-28(16-10-26-21(9-23)27-11-16)20-8-19(25-12-17(15)20)18-7-14(22(29)30)5-6-24-18/h5-8,10-13H,2-4H2,1H3,(H,29,30). The second kappa shape index (κ2) is 8.09. The Balaban J connectivity index is 1.87. The van der Waals surface area contributed by atoms with E-state index in [1.165, 1.54) is 18.3 Å². The molecule has 0 spiro atoms. The summed E-state index contributed by atoms with van der Waals surface area (Å²) in [6.07, 6.45) is 11.5. The summed E-state index contributed by atoms with van der Waals surface area (Å²) in [6, 6.07) is 6.76. The van der Waals surface area contributed by atoms with Crippen LogP contribution < -0.4 is 0 Å². The highest BCUT2D eigenvalue weighted by Crippen LogP contribution is 2.28. The van der Waals surface area contributed by atoms with Gasteiger partial charge in [-0.2, -0.15) is 5.26 Å². The number of aromatic carboxylic acids is 1. The van der Waals surface area contributed by atoms with E-state index in [1.807, 2.05) is 22.9 Å². The van der Waals surface area contributed by atoms with E-state index in [4.69, 9.17) is 5.26 Å². The number of pyridine rings is 2. The van der Waals surface area contributed by atoms with Crippen molar-refractivity contribution in [3.63, 3.8) is 0 Å². The molecule has 148 valence electrons. The number of carboxylic acids is 1. The van der Waals surface area contributed by atoms with Crippen LogP contribution in [0.2, 0.25) is 0 Å². The summed E-state index contributed by atoms with van der Waals surface area (Å²) in [5.41, 5.74) is 3.98. The molecule has 4 aromatic rings. The summed E-state index contributed by atoms with van der Waals surface area (Å²) in [7, 11) is 0. The molecule has 0 aliphatic rings. The lowest BCUT2D eigenvalue weighted by molar-refractivity contribution is 0.0697. The van der Waals surface area contributed by atoms with Crippen LogP contribution in [-0.4, -0.2) is 35.6 Å². The maximum atomic E-state index is 11.3. The van der Waals surface area contributed by atoms with Crippen molar-refractivity contribution in [1.29, 1.82) is 5.26 Å². The van der Waals surface area contributed by atoms with Crippen LogP contribution in [0.15, 0.2) is 49.2 Å². The second-order valence-electron chi connectivity index (χ2n) is 6.83. The quantitative estimate of drug-likeness (QED) is 0.525. The number of aromatic nitrogens is 5. The van der Waals surface area contributed by atoms with E-state index in [9.17, 15) is 9.90 Å². The van der Waals surface area contributed by atoms with E-state index in [1.54, 1.807) is 18.6 Å². The Bertz CT molecular complexity index is 1270. The molecule has 8 heteroatoms. The van der Waals surface area contributed by atoms with E-state index < -0.39 is 5.97 Å². The predicted molar refractivity (Wildman–Crippen MR) is 110 cm³/mol. The highest BCUT2D eigenvalue weighted by atomic mass is 16.4. The molecule has 0 saturated carbocycles. The van der Waals surface area contributed by atoms with E-state index >= 15 is 0 Å². The van der Waals surface area contributed by atoms with Crippen LogP contribution in [0.3, 0.4) is 0 Å². The van der Waals surface area contributed by atoms with Crippen molar-refractivity contribution in [1.82, 2.24) is 24.5 Å². The number of hydrogen-bond acceptors (Lipinski definition) is 6. The van der Waals surface area contributed by atoms with Gasteiger partial charge in [0.05, 0.1) is 40.5 Å². The van der Waals surface area contributed by atoms with Gasteiger partial charge in [0.1, 0.15) is 6.07 Å².